The second kappa shape index (κ2) is 8.38. The SMILES string of the molecule is COc1c(C)c2c(c(OCC[Si](C)(C)C)c1CC=C(C)CO)COC2. The molecular weight excluding hydrogens is 332 g/mol. The van der Waals surface area contributed by atoms with Gasteiger partial charge in [-0.25, -0.2) is 0 Å². The van der Waals surface area contributed by atoms with Crippen molar-refractivity contribution in [3.05, 3.63) is 33.9 Å². The predicted molar refractivity (Wildman–Crippen MR) is 104 cm³/mol. The molecule has 25 heavy (non-hydrogen) atoms. The van der Waals surface area contributed by atoms with Gasteiger partial charge in [0.25, 0.3) is 0 Å². The number of aliphatic hydroxyl groups is 1. The number of hydrogen-bond acceptors (Lipinski definition) is 4. The van der Waals surface area contributed by atoms with Gasteiger partial charge in [0.2, 0.25) is 0 Å². The van der Waals surface area contributed by atoms with E-state index in [1.807, 2.05) is 13.0 Å². The van der Waals surface area contributed by atoms with Gasteiger partial charge in [-0.05, 0) is 37.4 Å². The molecule has 1 N–H and O–H groups in total. The van der Waals surface area contributed by atoms with Crippen molar-refractivity contribution >= 4 is 8.07 Å². The molecule has 1 aliphatic heterocycles. The van der Waals surface area contributed by atoms with Crippen molar-refractivity contribution in [1.82, 2.24) is 0 Å². The van der Waals surface area contributed by atoms with E-state index in [9.17, 15) is 5.11 Å². The third-order valence-corrected chi connectivity index (χ3v) is 6.38. The molecule has 1 aromatic rings. The first-order valence-electron chi connectivity index (χ1n) is 8.96. The molecule has 1 aromatic carbocycles. The van der Waals surface area contributed by atoms with E-state index in [1.165, 1.54) is 11.1 Å². The van der Waals surface area contributed by atoms with Gasteiger partial charge in [0.15, 0.2) is 0 Å². The highest BCUT2D eigenvalue weighted by atomic mass is 28.3. The maximum absolute atomic E-state index is 9.30. The number of rotatable bonds is 8. The summed E-state index contributed by atoms with van der Waals surface area (Å²) in [5.41, 5.74) is 5.51. The highest BCUT2D eigenvalue weighted by Crippen LogP contribution is 2.43. The minimum absolute atomic E-state index is 0.0706. The van der Waals surface area contributed by atoms with Crippen LogP contribution < -0.4 is 9.47 Å². The van der Waals surface area contributed by atoms with Gasteiger partial charge in [0.05, 0.1) is 33.5 Å². The Morgan fingerprint density at radius 1 is 1.20 bits per heavy atom. The van der Waals surface area contributed by atoms with Crippen LogP contribution in [0.4, 0.5) is 0 Å². The van der Waals surface area contributed by atoms with Crippen LogP contribution >= 0.6 is 0 Å². The van der Waals surface area contributed by atoms with Crippen molar-refractivity contribution in [3.63, 3.8) is 0 Å². The molecule has 1 heterocycles. The van der Waals surface area contributed by atoms with Gasteiger partial charge in [-0.1, -0.05) is 31.3 Å². The monoisotopic (exact) mass is 364 g/mol. The maximum atomic E-state index is 9.30. The number of allylic oxidation sites excluding steroid dienone is 1. The zero-order valence-corrected chi connectivity index (χ0v) is 17.5. The fraction of sp³-hybridized carbons (Fsp3) is 0.600. The van der Waals surface area contributed by atoms with Gasteiger partial charge in [0.1, 0.15) is 11.5 Å². The molecule has 0 bridgehead atoms. The number of methoxy groups -OCH3 is 1. The normalized spacial score (nSPS) is 14.6. The average molecular weight is 365 g/mol. The Bertz CT molecular complexity index is 644. The summed E-state index contributed by atoms with van der Waals surface area (Å²) >= 11 is 0. The molecule has 2 rings (SSSR count). The summed E-state index contributed by atoms with van der Waals surface area (Å²) < 4.78 is 17.7. The average Bonchev–Trinajstić information content (AvgIpc) is 3.03. The van der Waals surface area contributed by atoms with Gasteiger partial charge in [-0.3, -0.25) is 0 Å². The zero-order chi connectivity index (χ0) is 18.6. The molecule has 0 radical (unpaired) electrons. The van der Waals surface area contributed by atoms with Crippen molar-refractivity contribution in [2.45, 2.75) is 59.2 Å². The molecule has 0 unspecified atom stereocenters. The van der Waals surface area contributed by atoms with E-state index < -0.39 is 8.07 Å². The van der Waals surface area contributed by atoms with Crippen LogP contribution in [0.5, 0.6) is 11.5 Å². The molecule has 0 fully saturated rings. The van der Waals surface area contributed by atoms with Gasteiger partial charge >= 0.3 is 0 Å². The van der Waals surface area contributed by atoms with Gasteiger partial charge in [0, 0.05) is 19.2 Å². The minimum Gasteiger partial charge on any atom is -0.496 e. The number of benzene rings is 1. The lowest BCUT2D eigenvalue weighted by molar-refractivity contribution is 0.133. The zero-order valence-electron chi connectivity index (χ0n) is 16.5. The summed E-state index contributed by atoms with van der Waals surface area (Å²) in [6.45, 7) is 13.1. The van der Waals surface area contributed by atoms with E-state index in [2.05, 4.69) is 26.6 Å². The smallest absolute Gasteiger partial charge is 0.132 e. The van der Waals surface area contributed by atoms with Crippen LogP contribution in [0.2, 0.25) is 25.7 Å². The third kappa shape index (κ3) is 4.87. The maximum Gasteiger partial charge on any atom is 0.132 e. The van der Waals surface area contributed by atoms with E-state index in [1.54, 1.807) is 7.11 Å². The molecule has 5 heteroatoms. The lowest BCUT2D eigenvalue weighted by atomic mass is 9.95. The van der Waals surface area contributed by atoms with Crippen LogP contribution in [0.3, 0.4) is 0 Å². The predicted octanol–water partition coefficient (Wildman–Crippen LogP) is 4.23. The van der Waals surface area contributed by atoms with Crippen molar-refractivity contribution in [2.75, 3.05) is 20.3 Å². The van der Waals surface area contributed by atoms with E-state index >= 15 is 0 Å². The molecule has 0 amide bonds. The standard InChI is InChI=1S/C20H32O4Si/c1-14(11-21)7-8-16-19(22-3)15(2)17-12-23-13-18(17)20(16)24-9-10-25(4,5)6/h7,21H,8-13H2,1-6H3. The summed E-state index contributed by atoms with van der Waals surface area (Å²) in [6, 6.07) is 1.11. The molecule has 0 saturated carbocycles. The van der Waals surface area contributed by atoms with E-state index in [4.69, 9.17) is 14.2 Å². The second-order valence-electron chi connectivity index (χ2n) is 7.99. The number of hydrogen-bond donors (Lipinski definition) is 1. The van der Waals surface area contributed by atoms with E-state index in [-0.39, 0.29) is 6.61 Å². The summed E-state index contributed by atoms with van der Waals surface area (Å²) in [5.74, 6) is 1.81. The van der Waals surface area contributed by atoms with Crippen LogP contribution in [-0.4, -0.2) is 33.5 Å². The highest BCUT2D eigenvalue weighted by Gasteiger charge is 2.27. The molecule has 140 valence electrons. The van der Waals surface area contributed by atoms with Crippen molar-refractivity contribution in [2.24, 2.45) is 0 Å². The Morgan fingerprint density at radius 2 is 1.88 bits per heavy atom. The van der Waals surface area contributed by atoms with Gasteiger partial charge in [-0.15, -0.1) is 0 Å². The van der Waals surface area contributed by atoms with Crippen molar-refractivity contribution in [1.29, 1.82) is 0 Å². The Labute approximate surface area is 152 Å². The Balaban J connectivity index is 2.44. The summed E-state index contributed by atoms with van der Waals surface area (Å²) in [6.07, 6.45) is 2.73. The number of fused-ring (bicyclic) bond motifs is 1. The van der Waals surface area contributed by atoms with Crippen LogP contribution in [0.15, 0.2) is 11.6 Å². The second-order valence-corrected chi connectivity index (χ2v) is 13.6. The lowest BCUT2D eigenvalue weighted by Crippen LogP contribution is -2.23. The topological polar surface area (TPSA) is 47.9 Å². The van der Waals surface area contributed by atoms with Crippen molar-refractivity contribution < 1.29 is 19.3 Å². The molecule has 0 saturated heterocycles. The fourth-order valence-electron chi connectivity index (χ4n) is 3.05. The Kier molecular flexibility index (Phi) is 6.71. The molecule has 1 aliphatic rings. The molecule has 4 nitrogen and oxygen atoms in total. The summed E-state index contributed by atoms with van der Waals surface area (Å²) in [7, 11) is 0.549. The third-order valence-electron chi connectivity index (χ3n) is 4.68. The number of ether oxygens (including phenoxy) is 3. The fourth-order valence-corrected chi connectivity index (χ4v) is 3.77. The van der Waals surface area contributed by atoms with Crippen LogP contribution in [0.25, 0.3) is 0 Å². The lowest BCUT2D eigenvalue weighted by Gasteiger charge is -2.22. The summed E-state index contributed by atoms with van der Waals surface area (Å²) in [5, 5.41) is 9.30. The molecular formula is C20H32O4Si. The van der Waals surface area contributed by atoms with E-state index in [0.29, 0.717) is 19.6 Å². The Morgan fingerprint density at radius 3 is 2.48 bits per heavy atom. The van der Waals surface area contributed by atoms with Crippen molar-refractivity contribution in [3.8, 4) is 11.5 Å². The first-order chi connectivity index (χ1) is 11.8. The largest absolute Gasteiger partial charge is 0.496 e. The molecule has 0 spiro atoms. The highest BCUT2D eigenvalue weighted by molar-refractivity contribution is 6.76. The van der Waals surface area contributed by atoms with E-state index in [0.717, 1.165) is 40.9 Å². The first kappa shape index (κ1) is 20.0. The number of aliphatic hydroxyl groups excluding tert-OH is 1. The van der Waals surface area contributed by atoms with Crippen LogP contribution in [0, 0.1) is 6.92 Å². The van der Waals surface area contributed by atoms with Crippen LogP contribution in [0.1, 0.15) is 29.2 Å². The van der Waals surface area contributed by atoms with Gasteiger partial charge in [-0.2, -0.15) is 0 Å². The quantitative estimate of drug-likeness (QED) is 0.554. The minimum atomic E-state index is -1.16. The molecule has 0 aromatic heterocycles. The molecule has 0 atom stereocenters. The van der Waals surface area contributed by atoms with Crippen LogP contribution in [-0.2, 0) is 24.4 Å². The first-order valence-corrected chi connectivity index (χ1v) is 12.7. The Hall–Kier alpha value is -1.30. The summed E-state index contributed by atoms with van der Waals surface area (Å²) in [4.78, 5) is 0. The molecule has 0 aliphatic carbocycles. The van der Waals surface area contributed by atoms with Gasteiger partial charge < -0.3 is 19.3 Å².